The molecule has 138 valence electrons. The van der Waals surface area contributed by atoms with E-state index in [1.807, 2.05) is 60.7 Å². The minimum atomic E-state index is -1.16. The molecule has 0 aliphatic rings. The Morgan fingerprint density at radius 1 is 0.889 bits per heavy atom. The fraction of sp³-hybridized carbons (Fsp3) is 0.136. The molecule has 0 saturated heterocycles. The first-order chi connectivity index (χ1) is 13.1. The third-order valence-electron chi connectivity index (χ3n) is 4.21. The van der Waals surface area contributed by atoms with Gasteiger partial charge in [-0.15, -0.1) is 0 Å². The van der Waals surface area contributed by atoms with E-state index in [-0.39, 0.29) is 5.56 Å². The van der Waals surface area contributed by atoms with Crippen LogP contribution >= 0.6 is 11.6 Å². The van der Waals surface area contributed by atoms with E-state index >= 15 is 0 Å². The van der Waals surface area contributed by atoms with Gasteiger partial charge in [-0.05, 0) is 35.4 Å². The lowest BCUT2D eigenvalue weighted by atomic mass is 10.1. The van der Waals surface area contributed by atoms with Gasteiger partial charge in [0, 0.05) is 16.1 Å². The molecule has 0 heterocycles. The molecule has 0 aliphatic carbocycles. The molecule has 3 aromatic rings. The van der Waals surface area contributed by atoms with E-state index in [1.54, 1.807) is 12.1 Å². The maximum atomic E-state index is 10.8. The van der Waals surface area contributed by atoms with Gasteiger partial charge in [0.2, 0.25) is 0 Å². The Hall–Kier alpha value is -2.82. The highest BCUT2D eigenvalue weighted by atomic mass is 35.5. The van der Waals surface area contributed by atoms with E-state index in [0.717, 1.165) is 35.5 Å². The highest BCUT2D eigenvalue weighted by Crippen LogP contribution is 2.19. The molecule has 3 rings (SSSR count). The van der Waals surface area contributed by atoms with Crippen molar-refractivity contribution in [3.8, 4) is 5.75 Å². The van der Waals surface area contributed by atoms with E-state index in [1.165, 1.54) is 0 Å². The molecular weight excluding hydrogens is 362 g/mol. The molecular formula is C22H20ClNO3. The molecule has 4 nitrogen and oxygen atoms in total. The molecule has 0 aromatic heterocycles. The quantitative estimate of drug-likeness (QED) is 0.652. The Kier molecular flexibility index (Phi) is 6.47. The summed E-state index contributed by atoms with van der Waals surface area (Å²) in [5.41, 5.74) is 3.42. The highest BCUT2D eigenvalue weighted by Gasteiger charge is 2.06. The van der Waals surface area contributed by atoms with Crippen molar-refractivity contribution >= 4 is 17.6 Å². The third-order valence-corrected chi connectivity index (χ3v) is 4.47. The highest BCUT2D eigenvalue weighted by molar-refractivity contribution is 6.30. The minimum Gasteiger partial charge on any atom is -0.545 e. The summed E-state index contributed by atoms with van der Waals surface area (Å²) < 4.78 is 5.97. The van der Waals surface area contributed by atoms with Gasteiger partial charge in [0.25, 0.3) is 0 Å². The fourth-order valence-corrected chi connectivity index (χ4v) is 2.85. The number of nitrogens with two attached hydrogens (primary N) is 1. The SMILES string of the molecule is O=C([O-])c1ccc(C[NH2+]Cc2ccccc2OCc2ccc(Cl)cc2)cc1. The van der Waals surface area contributed by atoms with Crippen LogP contribution in [0.3, 0.4) is 0 Å². The summed E-state index contributed by atoms with van der Waals surface area (Å²) in [6, 6.07) is 22.3. The van der Waals surface area contributed by atoms with Crippen LogP contribution in [0.1, 0.15) is 27.0 Å². The van der Waals surface area contributed by atoms with Crippen LogP contribution in [-0.2, 0) is 19.7 Å². The summed E-state index contributed by atoms with van der Waals surface area (Å²) in [6.07, 6.45) is 0. The number of halogens is 1. The second-order valence-electron chi connectivity index (χ2n) is 6.20. The van der Waals surface area contributed by atoms with E-state index in [9.17, 15) is 9.90 Å². The summed E-state index contributed by atoms with van der Waals surface area (Å²) in [4.78, 5) is 10.8. The molecule has 0 atom stereocenters. The molecule has 0 radical (unpaired) electrons. The summed E-state index contributed by atoms with van der Waals surface area (Å²) >= 11 is 5.91. The topological polar surface area (TPSA) is 66.0 Å². The number of carboxylic acid groups (broad SMARTS) is 1. The maximum Gasteiger partial charge on any atom is 0.128 e. The summed E-state index contributed by atoms with van der Waals surface area (Å²) in [6.45, 7) is 2.00. The summed E-state index contributed by atoms with van der Waals surface area (Å²) in [5, 5.41) is 13.7. The van der Waals surface area contributed by atoms with Gasteiger partial charge in [-0.3, -0.25) is 0 Å². The van der Waals surface area contributed by atoms with Crippen molar-refractivity contribution in [1.29, 1.82) is 0 Å². The normalized spacial score (nSPS) is 10.6. The number of quaternary nitrogens is 1. The van der Waals surface area contributed by atoms with Gasteiger partial charge in [-0.2, -0.15) is 0 Å². The number of ether oxygens (including phenoxy) is 1. The van der Waals surface area contributed by atoms with Crippen LogP contribution in [0, 0.1) is 0 Å². The van der Waals surface area contributed by atoms with E-state index < -0.39 is 5.97 Å². The van der Waals surface area contributed by atoms with Crippen LogP contribution in [-0.4, -0.2) is 5.97 Å². The van der Waals surface area contributed by atoms with Crippen molar-refractivity contribution in [2.24, 2.45) is 0 Å². The van der Waals surface area contributed by atoms with Crippen LogP contribution in [0.25, 0.3) is 0 Å². The lowest BCUT2D eigenvalue weighted by molar-refractivity contribution is -0.686. The van der Waals surface area contributed by atoms with Crippen LogP contribution in [0.5, 0.6) is 5.75 Å². The van der Waals surface area contributed by atoms with Crippen molar-refractivity contribution in [2.45, 2.75) is 19.7 Å². The van der Waals surface area contributed by atoms with E-state index in [0.29, 0.717) is 11.6 Å². The first-order valence-corrected chi connectivity index (χ1v) is 9.07. The van der Waals surface area contributed by atoms with Gasteiger partial charge in [0.15, 0.2) is 0 Å². The minimum absolute atomic E-state index is 0.194. The smallest absolute Gasteiger partial charge is 0.128 e. The van der Waals surface area contributed by atoms with Crippen molar-refractivity contribution < 1.29 is 20.0 Å². The van der Waals surface area contributed by atoms with Crippen molar-refractivity contribution in [3.63, 3.8) is 0 Å². The van der Waals surface area contributed by atoms with Crippen LogP contribution in [0.15, 0.2) is 72.8 Å². The second-order valence-corrected chi connectivity index (χ2v) is 6.64. The Labute approximate surface area is 163 Å². The number of hydrogen-bond donors (Lipinski definition) is 1. The monoisotopic (exact) mass is 381 g/mol. The largest absolute Gasteiger partial charge is 0.545 e. The molecule has 0 aliphatic heterocycles. The lowest BCUT2D eigenvalue weighted by Crippen LogP contribution is -2.80. The van der Waals surface area contributed by atoms with Crippen LogP contribution < -0.4 is 15.2 Å². The molecule has 0 bridgehead atoms. The van der Waals surface area contributed by atoms with Gasteiger partial charge in [0.1, 0.15) is 25.4 Å². The average molecular weight is 382 g/mol. The van der Waals surface area contributed by atoms with Gasteiger partial charge in [-0.25, -0.2) is 0 Å². The first kappa shape index (κ1) is 19.0. The number of rotatable bonds is 8. The first-order valence-electron chi connectivity index (χ1n) is 8.69. The predicted molar refractivity (Wildman–Crippen MR) is 102 cm³/mol. The van der Waals surface area contributed by atoms with Crippen molar-refractivity contribution in [1.82, 2.24) is 0 Å². The maximum absolute atomic E-state index is 10.8. The number of aromatic carboxylic acids is 1. The molecule has 0 saturated carbocycles. The lowest BCUT2D eigenvalue weighted by Gasteiger charge is -2.11. The molecule has 27 heavy (non-hydrogen) atoms. The van der Waals surface area contributed by atoms with E-state index in [2.05, 4.69) is 5.32 Å². The van der Waals surface area contributed by atoms with Crippen molar-refractivity contribution in [3.05, 3.63) is 100 Å². The zero-order valence-corrected chi connectivity index (χ0v) is 15.5. The zero-order valence-electron chi connectivity index (χ0n) is 14.7. The average Bonchev–Trinajstić information content (AvgIpc) is 2.69. The van der Waals surface area contributed by atoms with Crippen LogP contribution in [0.2, 0.25) is 5.02 Å². The Morgan fingerprint density at radius 2 is 1.56 bits per heavy atom. The molecule has 0 spiro atoms. The van der Waals surface area contributed by atoms with Gasteiger partial charge in [-0.1, -0.05) is 60.1 Å². The number of carboxylic acids is 1. The van der Waals surface area contributed by atoms with E-state index in [4.69, 9.17) is 16.3 Å². The molecule has 0 unspecified atom stereocenters. The second kappa shape index (κ2) is 9.21. The number of carbonyl (C=O) groups is 1. The summed E-state index contributed by atoms with van der Waals surface area (Å²) in [7, 11) is 0. The van der Waals surface area contributed by atoms with Gasteiger partial charge >= 0.3 is 0 Å². The predicted octanol–water partition coefficient (Wildman–Crippen LogP) is 2.55. The summed E-state index contributed by atoms with van der Waals surface area (Å²) in [5.74, 6) is -0.298. The fourth-order valence-electron chi connectivity index (χ4n) is 2.73. The Balaban J connectivity index is 1.55. The third kappa shape index (κ3) is 5.58. The molecule has 2 N–H and O–H groups in total. The molecule has 0 amide bonds. The number of benzene rings is 3. The Morgan fingerprint density at radius 3 is 2.26 bits per heavy atom. The number of carbonyl (C=O) groups excluding carboxylic acids is 1. The Bertz CT molecular complexity index is 892. The molecule has 5 heteroatoms. The molecule has 3 aromatic carbocycles. The molecule has 0 fully saturated rings. The zero-order chi connectivity index (χ0) is 19.1. The van der Waals surface area contributed by atoms with Crippen molar-refractivity contribution in [2.75, 3.05) is 0 Å². The van der Waals surface area contributed by atoms with Gasteiger partial charge < -0.3 is 20.0 Å². The van der Waals surface area contributed by atoms with Gasteiger partial charge in [0.05, 0.1) is 5.97 Å². The standard InChI is InChI=1S/C22H20ClNO3/c23-20-11-7-17(8-12-20)15-27-21-4-2-1-3-19(21)14-24-13-16-5-9-18(10-6-16)22(25)26/h1-12,24H,13-15H2,(H,25,26). The number of para-hydroxylation sites is 1. The van der Waals surface area contributed by atoms with Crippen LogP contribution in [0.4, 0.5) is 0 Å². The number of hydrogen-bond acceptors (Lipinski definition) is 3.